The van der Waals surface area contributed by atoms with E-state index in [1.54, 1.807) is 26.6 Å². The predicted octanol–water partition coefficient (Wildman–Crippen LogP) is 1.90. The van der Waals surface area contributed by atoms with Crippen LogP contribution in [0.5, 0.6) is 11.8 Å². The summed E-state index contributed by atoms with van der Waals surface area (Å²) in [4.78, 5) is 13.0. The smallest absolute Gasteiger partial charge is 0.240 e. The van der Waals surface area contributed by atoms with Crippen molar-refractivity contribution in [3.63, 3.8) is 0 Å². The summed E-state index contributed by atoms with van der Waals surface area (Å²) in [5.74, 6) is 0.881. The van der Waals surface area contributed by atoms with E-state index in [0.29, 0.717) is 11.8 Å². The first-order valence-electron chi connectivity index (χ1n) is 6.80. The third kappa shape index (κ3) is 3.46. The second-order valence-electron chi connectivity index (χ2n) is 4.53. The van der Waals surface area contributed by atoms with Crippen molar-refractivity contribution in [2.45, 2.75) is 19.9 Å². The topological polar surface area (TPSA) is 69.2 Å². The highest BCUT2D eigenvalue weighted by molar-refractivity contribution is 5.34. The van der Waals surface area contributed by atoms with Crippen LogP contribution in [-0.2, 0) is 0 Å². The molecule has 0 amide bonds. The summed E-state index contributed by atoms with van der Waals surface area (Å²) in [7, 11) is 3.13. The van der Waals surface area contributed by atoms with Gasteiger partial charge < -0.3 is 14.8 Å². The van der Waals surface area contributed by atoms with Gasteiger partial charge in [-0.2, -0.15) is 4.98 Å². The van der Waals surface area contributed by atoms with Crippen LogP contribution < -0.4 is 14.8 Å². The Morgan fingerprint density at radius 1 is 1.24 bits per heavy atom. The van der Waals surface area contributed by atoms with E-state index in [1.165, 1.54) is 0 Å². The number of nitrogens with one attached hydrogen (secondary N) is 1. The molecule has 21 heavy (non-hydrogen) atoms. The standard InChI is InChI=1S/C15H20N4O2/c1-5-16-13(11-6-7-17-10(2)8-11)14-15(21-4)19-12(20-3)9-18-14/h6-9,13,16H,5H2,1-4H3. The Morgan fingerprint density at radius 3 is 2.67 bits per heavy atom. The summed E-state index contributed by atoms with van der Waals surface area (Å²) in [6, 6.07) is 3.88. The summed E-state index contributed by atoms with van der Waals surface area (Å²) in [6.45, 7) is 4.80. The summed E-state index contributed by atoms with van der Waals surface area (Å²) in [6.07, 6.45) is 3.38. The minimum Gasteiger partial charge on any atom is -0.480 e. The lowest BCUT2D eigenvalue weighted by atomic mass is 10.0. The summed E-state index contributed by atoms with van der Waals surface area (Å²) < 4.78 is 10.4. The Balaban J connectivity index is 2.47. The van der Waals surface area contributed by atoms with Crippen molar-refractivity contribution in [2.24, 2.45) is 0 Å². The van der Waals surface area contributed by atoms with E-state index in [1.807, 2.05) is 26.0 Å². The Kier molecular flexibility index (Phi) is 5.05. The molecule has 1 N–H and O–H groups in total. The van der Waals surface area contributed by atoms with Gasteiger partial charge in [0.1, 0.15) is 5.69 Å². The van der Waals surface area contributed by atoms with Gasteiger partial charge in [-0.15, -0.1) is 0 Å². The average Bonchev–Trinajstić information content (AvgIpc) is 2.52. The van der Waals surface area contributed by atoms with Crippen LogP contribution >= 0.6 is 0 Å². The largest absolute Gasteiger partial charge is 0.480 e. The monoisotopic (exact) mass is 288 g/mol. The molecule has 1 atom stereocenters. The van der Waals surface area contributed by atoms with Crippen LogP contribution in [0.15, 0.2) is 24.5 Å². The van der Waals surface area contributed by atoms with Crippen molar-refractivity contribution in [2.75, 3.05) is 20.8 Å². The number of hydrogen-bond donors (Lipinski definition) is 1. The zero-order valence-electron chi connectivity index (χ0n) is 12.8. The molecule has 2 heterocycles. The highest BCUT2D eigenvalue weighted by Gasteiger charge is 2.21. The molecule has 6 nitrogen and oxygen atoms in total. The third-order valence-corrected chi connectivity index (χ3v) is 3.08. The Morgan fingerprint density at radius 2 is 2.05 bits per heavy atom. The molecule has 112 valence electrons. The third-order valence-electron chi connectivity index (χ3n) is 3.08. The van der Waals surface area contributed by atoms with Crippen LogP contribution in [0.3, 0.4) is 0 Å². The zero-order chi connectivity index (χ0) is 15.2. The van der Waals surface area contributed by atoms with Gasteiger partial charge in [-0.25, -0.2) is 4.98 Å². The summed E-state index contributed by atoms with van der Waals surface area (Å²) in [5.41, 5.74) is 2.75. The van der Waals surface area contributed by atoms with Crippen LogP contribution in [0.1, 0.15) is 29.9 Å². The van der Waals surface area contributed by atoms with Crippen LogP contribution in [0.2, 0.25) is 0 Å². The summed E-state index contributed by atoms with van der Waals surface area (Å²) >= 11 is 0. The quantitative estimate of drug-likeness (QED) is 0.875. The fraction of sp³-hybridized carbons (Fsp3) is 0.400. The summed E-state index contributed by atoms with van der Waals surface area (Å²) in [5, 5.41) is 3.40. The predicted molar refractivity (Wildman–Crippen MR) is 79.6 cm³/mol. The first-order valence-corrected chi connectivity index (χ1v) is 6.80. The molecule has 0 fully saturated rings. The second kappa shape index (κ2) is 6.99. The van der Waals surface area contributed by atoms with Gasteiger partial charge in [0.2, 0.25) is 11.8 Å². The average molecular weight is 288 g/mol. The number of aryl methyl sites for hydroxylation is 1. The minimum absolute atomic E-state index is 0.106. The van der Waals surface area contributed by atoms with E-state index in [4.69, 9.17) is 9.47 Å². The fourth-order valence-corrected chi connectivity index (χ4v) is 2.14. The molecule has 0 aliphatic rings. The number of nitrogens with zero attached hydrogens (tertiary/aromatic N) is 3. The number of pyridine rings is 1. The SMILES string of the molecule is CCNC(c1ccnc(C)c1)c1ncc(OC)nc1OC. The van der Waals surface area contributed by atoms with E-state index in [0.717, 1.165) is 23.5 Å². The minimum atomic E-state index is -0.106. The molecule has 0 aliphatic heterocycles. The number of aromatic nitrogens is 3. The highest BCUT2D eigenvalue weighted by atomic mass is 16.5. The maximum atomic E-state index is 5.36. The molecule has 0 bridgehead atoms. The molecule has 2 rings (SSSR count). The maximum Gasteiger partial charge on any atom is 0.240 e. The molecule has 2 aromatic rings. The Labute approximate surface area is 124 Å². The van der Waals surface area contributed by atoms with Gasteiger partial charge in [-0.1, -0.05) is 6.92 Å². The molecule has 2 aromatic heterocycles. The van der Waals surface area contributed by atoms with Crippen LogP contribution in [-0.4, -0.2) is 35.7 Å². The zero-order valence-corrected chi connectivity index (χ0v) is 12.8. The Hall–Kier alpha value is -2.21. The fourth-order valence-electron chi connectivity index (χ4n) is 2.14. The number of rotatable bonds is 6. The van der Waals surface area contributed by atoms with Crippen molar-refractivity contribution in [1.82, 2.24) is 20.3 Å². The Bertz CT molecular complexity index is 604. The molecule has 0 radical (unpaired) electrons. The molecule has 0 saturated heterocycles. The van der Waals surface area contributed by atoms with Crippen molar-refractivity contribution in [3.8, 4) is 11.8 Å². The maximum absolute atomic E-state index is 5.36. The number of hydrogen-bond acceptors (Lipinski definition) is 6. The van der Waals surface area contributed by atoms with Gasteiger partial charge in [0.05, 0.1) is 26.5 Å². The van der Waals surface area contributed by atoms with Crippen LogP contribution in [0.25, 0.3) is 0 Å². The second-order valence-corrected chi connectivity index (χ2v) is 4.53. The highest BCUT2D eigenvalue weighted by Crippen LogP contribution is 2.28. The van der Waals surface area contributed by atoms with Gasteiger partial charge in [-0.3, -0.25) is 4.98 Å². The van der Waals surface area contributed by atoms with E-state index < -0.39 is 0 Å². The normalized spacial score (nSPS) is 12.0. The van der Waals surface area contributed by atoms with Gasteiger partial charge in [0.25, 0.3) is 0 Å². The van der Waals surface area contributed by atoms with Crippen molar-refractivity contribution < 1.29 is 9.47 Å². The molecule has 0 saturated carbocycles. The van der Waals surface area contributed by atoms with Gasteiger partial charge in [0, 0.05) is 11.9 Å². The van der Waals surface area contributed by atoms with Crippen molar-refractivity contribution in [3.05, 3.63) is 41.5 Å². The van der Waals surface area contributed by atoms with Crippen LogP contribution in [0, 0.1) is 6.92 Å². The molecular formula is C15H20N4O2. The lowest BCUT2D eigenvalue weighted by Crippen LogP contribution is -2.24. The lowest BCUT2D eigenvalue weighted by Gasteiger charge is -2.20. The van der Waals surface area contributed by atoms with Crippen molar-refractivity contribution >= 4 is 0 Å². The van der Waals surface area contributed by atoms with Gasteiger partial charge >= 0.3 is 0 Å². The lowest BCUT2D eigenvalue weighted by molar-refractivity contribution is 0.352. The number of methoxy groups -OCH3 is 2. The molecule has 0 aliphatic carbocycles. The van der Waals surface area contributed by atoms with E-state index >= 15 is 0 Å². The van der Waals surface area contributed by atoms with Crippen molar-refractivity contribution in [1.29, 1.82) is 0 Å². The van der Waals surface area contributed by atoms with E-state index in [9.17, 15) is 0 Å². The first-order chi connectivity index (χ1) is 10.2. The molecular weight excluding hydrogens is 268 g/mol. The van der Waals surface area contributed by atoms with Crippen LogP contribution in [0.4, 0.5) is 0 Å². The molecule has 0 spiro atoms. The van der Waals surface area contributed by atoms with E-state index in [2.05, 4.69) is 20.3 Å². The van der Waals surface area contributed by atoms with E-state index in [-0.39, 0.29) is 6.04 Å². The molecule has 1 unspecified atom stereocenters. The molecule has 0 aromatic carbocycles. The molecule has 6 heteroatoms. The first kappa shape index (κ1) is 15.2. The number of ether oxygens (including phenoxy) is 2. The van der Waals surface area contributed by atoms with Gasteiger partial charge in [-0.05, 0) is 31.2 Å². The van der Waals surface area contributed by atoms with Gasteiger partial charge in [0.15, 0.2) is 0 Å².